The predicted molar refractivity (Wildman–Crippen MR) is 63.5 cm³/mol. The standard InChI is InChI=1S/C11H13N5O2/c12-14-7-10(17)15-9(11(18)16-13)6-8-4-2-1-3-5-8/h1-5,7,9,13H,6H2,(H3,12,15,17)/p+1. The van der Waals surface area contributed by atoms with E-state index in [9.17, 15) is 9.59 Å². The Kier molecular flexibility index (Phi) is 5.24. The van der Waals surface area contributed by atoms with Gasteiger partial charge in [0.15, 0.2) is 0 Å². The minimum absolute atomic E-state index is 0.307. The van der Waals surface area contributed by atoms with E-state index in [2.05, 4.69) is 10.1 Å². The van der Waals surface area contributed by atoms with Gasteiger partial charge in [-0.2, -0.15) is 0 Å². The number of carbonyl (C=O) groups excluding carboxylic acids is 2. The molecule has 1 aromatic rings. The van der Waals surface area contributed by atoms with Crippen LogP contribution in [0.1, 0.15) is 5.56 Å². The maximum Gasteiger partial charge on any atom is 0.394 e. The van der Waals surface area contributed by atoms with E-state index in [-0.39, 0.29) is 0 Å². The molecule has 1 unspecified atom stereocenters. The lowest BCUT2D eigenvalue weighted by atomic mass is 10.1. The third-order valence-electron chi connectivity index (χ3n) is 2.24. The summed E-state index contributed by atoms with van der Waals surface area (Å²) in [5.74, 6) is 3.93. The Labute approximate surface area is 104 Å². The van der Waals surface area contributed by atoms with Crippen LogP contribution in [0.3, 0.4) is 0 Å². The SMILES string of the molecule is N=[N+]=CC(=O)NC(Cc1ccccc1)C(=O)NN. The van der Waals surface area contributed by atoms with Gasteiger partial charge in [-0.1, -0.05) is 30.3 Å². The predicted octanol–water partition coefficient (Wildman–Crippen LogP) is -0.986. The summed E-state index contributed by atoms with van der Waals surface area (Å²) in [6.07, 6.45) is 1.09. The van der Waals surface area contributed by atoms with Crippen LogP contribution in [0.15, 0.2) is 30.3 Å². The first-order chi connectivity index (χ1) is 8.67. The smallest absolute Gasteiger partial charge is 0.334 e. The quantitative estimate of drug-likeness (QED) is 0.134. The van der Waals surface area contributed by atoms with E-state index in [1.54, 1.807) is 0 Å². The Bertz CT molecular complexity index is 468. The van der Waals surface area contributed by atoms with E-state index in [0.29, 0.717) is 6.42 Å². The summed E-state index contributed by atoms with van der Waals surface area (Å²) in [7, 11) is 0. The molecule has 7 nitrogen and oxygen atoms in total. The molecule has 0 aliphatic rings. The van der Waals surface area contributed by atoms with Crippen molar-refractivity contribution in [3.8, 4) is 0 Å². The zero-order chi connectivity index (χ0) is 13.4. The van der Waals surface area contributed by atoms with Crippen molar-refractivity contribution in [2.75, 3.05) is 0 Å². The first-order valence-electron chi connectivity index (χ1n) is 5.22. The molecular formula is C11H14N5O2+. The van der Waals surface area contributed by atoms with Gasteiger partial charge in [0.2, 0.25) is 0 Å². The van der Waals surface area contributed by atoms with Crippen LogP contribution in [0.4, 0.5) is 0 Å². The van der Waals surface area contributed by atoms with Crippen molar-refractivity contribution >= 4 is 18.0 Å². The zero-order valence-electron chi connectivity index (χ0n) is 9.59. The largest absolute Gasteiger partial charge is 0.394 e. The molecule has 1 rings (SSSR count). The van der Waals surface area contributed by atoms with Gasteiger partial charge in [0.05, 0.1) is 10.3 Å². The Morgan fingerprint density at radius 3 is 2.61 bits per heavy atom. The molecule has 0 aromatic heterocycles. The number of benzene rings is 1. The van der Waals surface area contributed by atoms with Gasteiger partial charge >= 0.3 is 12.1 Å². The number of rotatable bonds is 5. The van der Waals surface area contributed by atoms with Crippen molar-refractivity contribution in [1.29, 1.82) is 5.53 Å². The van der Waals surface area contributed by atoms with E-state index in [1.165, 1.54) is 0 Å². The molecule has 0 spiro atoms. The maximum atomic E-state index is 11.5. The minimum atomic E-state index is -0.803. The molecular weight excluding hydrogens is 234 g/mol. The van der Waals surface area contributed by atoms with Gasteiger partial charge < -0.3 is 5.32 Å². The third kappa shape index (κ3) is 4.17. The number of nitrogens with two attached hydrogens (primary N) is 1. The van der Waals surface area contributed by atoms with Crippen LogP contribution >= 0.6 is 0 Å². The highest BCUT2D eigenvalue weighted by atomic mass is 16.2. The molecule has 0 heterocycles. The number of hydrogen-bond acceptors (Lipinski definition) is 4. The Hall–Kier alpha value is -2.50. The van der Waals surface area contributed by atoms with Crippen molar-refractivity contribution in [3.05, 3.63) is 35.9 Å². The molecule has 18 heavy (non-hydrogen) atoms. The summed E-state index contributed by atoms with van der Waals surface area (Å²) in [4.78, 5) is 25.6. The van der Waals surface area contributed by atoms with Crippen LogP contribution in [0, 0.1) is 5.53 Å². The van der Waals surface area contributed by atoms with Gasteiger partial charge in [0, 0.05) is 6.42 Å². The van der Waals surface area contributed by atoms with Crippen molar-refractivity contribution in [2.45, 2.75) is 12.5 Å². The lowest BCUT2D eigenvalue weighted by Gasteiger charge is -2.14. The molecule has 0 fully saturated rings. The summed E-state index contributed by atoms with van der Waals surface area (Å²) in [6.45, 7) is 0. The minimum Gasteiger partial charge on any atom is -0.334 e. The second-order valence-corrected chi connectivity index (χ2v) is 3.52. The van der Waals surface area contributed by atoms with Crippen LogP contribution in [-0.4, -0.2) is 28.9 Å². The van der Waals surface area contributed by atoms with Crippen LogP contribution in [-0.2, 0) is 16.0 Å². The van der Waals surface area contributed by atoms with E-state index >= 15 is 0 Å². The Morgan fingerprint density at radius 2 is 2.06 bits per heavy atom. The number of hydrogen-bond donors (Lipinski definition) is 4. The molecule has 2 amide bonds. The molecule has 7 heteroatoms. The number of amides is 2. The summed E-state index contributed by atoms with van der Waals surface area (Å²) < 4.78 is 0. The van der Waals surface area contributed by atoms with Crippen molar-refractivity contribution < 1.29 is 14.4 Å². The molecule has 0 radical (unpaired) electrons. The fourth-order valence-corrected chi connectivity index (χ4v) is 1.43. The second-order valence-electron chi connectivity index (χ2n) is 3.52. The summed E-state index contributed by atoms with van der Waals surface area (Å²) >= 11 is 0. The molecule has 0 aliphatic carbocycles. The maximum absolute atomic E-state index is 11.5. The van der Waals surface area contributed by atoms with Gasteiger partial charge in [-0.15, -0.1) is 0 Å². The van der Waals surface area contributed by atoms with Gasteiger partial charge in [-0.25, -0.2) is 5.84 Å². The first-order valence-corrected chi connectivity index (χ1v) is 5.22. The molecule has 0 saturated carbocycles. The monoisotopic (exact) mass is 248 g/mol. The molecule has 5 N–H and O–H groups in total. The lowest BCUT2D eigenvalue weighted by molar-refractivity contribution is -0.135. The molecule has 0 saturated heterocycles. The molecule has 1 aromatic carbocycles. The van der Waals surface area contributed by atoms with Gasteiger partial charge in [-0.05, 0) is 5.56 Å². The highest BCUT2D eigenvalue weighted by Crippen LogP contribution is 2.03. The number of carbonyl (C=O) groups is 2. The highest BCUT2D eigenvalue weighted by Gasteiger charge is 2.21. The van der Waals surface area contributed by atoms with Gasteiger partial charge in [0.1, 0.15) is 6.04 Å². The molecule has 94 valence electrons. The lowest BCUT2D eigenvalue weighted by Crippen LogP contribution is -2.50. The Balaban J connectivity index is 2.76. The van der Waals surface area contributed by atoms with Gasteiger partial charge in [-0.3, -0.25) is 15.0 Å². The Morgan fingerprint density at radius 1 is 1.39 bits per heavy atom. The third-order valence-corrected chi connectivity index (χ3v) is 2.24. The van der Waals surface area contributed by atoms with Crippen molar-refractivity contribution in [1.82, 2.24) is 10.7 Å². The van der Waals surface area contributed by atoms with Crippen molar-refractivity contribution in [2.24, 2.45) is 5.84 Å². The fraction of sp³-hybridized carbons (Fsp3) is 0.182. The van der Waals surface area contributed by atoms with E-state index < -0.39 is 17.9 Å². The topological polar surface area (TPSA) is 122 Å². The van der Waals surface area contributed by atoms with Crippen molar-refractivity contribution in [3.63, 3.8) is 0 Å². The normalized spacial score (nSPS) is 10.9. The van der Waals surface area contributed by atoms with Crippen LogP contribution in [0.5, 0.6) is 0 Å². The fourth-order valence-electron chi connectivity index (χ4n) is 1.43. The summed E-state index contributed by atoms with van der Waals surface area (Å²) in [5.41, 5.74) is 9.41. The molecule has 0 aliphatic heterocycles. The van der Waals surface area contributed by atoms with E-state index in [1.807, 2.05) is 35.8 Å². The number of nitrogens with one attached hydrogen (secondary N) is 3. The van der Waals surface area contributed by atoms with Crippen LogP contribution in [0.2, 0.25) is 0 Å². The highest BCUT2D eigenvalue weighted by molar-refractivity contribution is 6.24. The number of nitrogens with zero attached hydrogens (tertiary/aromatic N) is 1. The first kappa shape index (κ1) is 13.6. The van der Waals surface area contributed by atoms with Crippen LogP contribution in [0.25, 0.3) is 0 Å². The second kappa shape index (κ2) is 6.95. The number of hydrazine groups is 1. The zero-order valence-corrected chi connectivity index (χ0v) is 9.59. The van der Waals surface area contributed by atoms with Crippen LogP contribution < -0.4 is 16.6 Å². The van der Waals surface area contributed by atoms with Gasteiger partial charge in [0.25, 0.3) is 5.91 Å². The average Bonchev–Trinajstić information content (AvgIpc) is 2.38. The summed E-state index contributed by atoms with van der Waals surface area (Å²) in [6, 6.07) is 8.39. The molecule has 1 atom stereocenters. The summed E-state index contributed by atoms with van der Waals surface area (Å²) in [5, 5.41) is 2.42. The van der Waals surface area contributed by atoms with E-state index in [4.69, 9.17) is 11.4 Å². The molecule has 0 bridgehead atoms. The average molecular weight is 248 g/mol. The van der Waals surface area contributed by atoms with E-state index in [0.717, 1.165) is 11.8 Å².